The van der Waals surface area contributed by atoms with E-state index in [4.69, 9.17) is 9.47 Å². The van der Waals surface area contributed by atoms with Gasteiger partial charge in [0, 0.05) is 56.0 Å². The molecule has 4 aromatic rings. The Balaban J connectivity index is 1.52. The summed E-state index contributed by atoms with van der Waals surface area (Å²) >= 11 is 0. The molecule has 4 heterocycles. The van der Waals surface area contributed by atoms with Crippen LogP contribution in [0.2, 0.25) is 0 Å². The van der Waals surface area contributed by atoms with E-state index < -0.39 is 48.3 Å². The Morgan fingerprint density at radius 3 is 2.47 bits per heavy atom. The quantitative estimate of drug-likeness (QED) is 0.167. The number of rotatable bonds is 8. The van der Waals surface area contributed by atoms with Gasteiger partial charge in [-0.25, -0.2) is 9.97 Å². The third kappa shape index (κ3) is 10.4. The normalized spacial score (nSPS) is 19.3. The minimum absolute atomic E-state index is 0.0266. The second-order valence-electron chi connectivity index (χ2n) is 13.2. The molecule has 5 amide bonds. The van der Waals surface area contributed by atoms with Crippen molar-refractivity contribution in [1.29, 1.82) is 0 Å². The highest BCUT2D eigenvalue weighted by atomic mass is 16.5. The Morgan fingerprint density at radius 2 is 1.75 bits per heavy atom. The van der Waals surface area contributed by atoms with Gasteiger partial charge in [-0.1, -0.05) is 44.2 Å². The maximum Gasteiger partial charge on any atom is 0.255 e. The molecule has 0 saturated heterocycles. The molecule has 2 bridgehead atoms. The summed E-state index contributed by atoms with van der Waals surface area (Å²) in [6, 6.07) is 11.4. The lowest BCUT2D eigenvalue weighted by Gasteiger charge is -2.30. The number of H-pyrrole nitrogens is 1. The number of para-hydroxylation sites is 1. The van der Waals surface area contributed by atoms with Gasteiger partial charge < -0.3 is 40.6 Å². The van der Waals surface area contributed by atoms with Crippen LogP contribution in [-0.2, 0) is 36.8 Å². The summed E-state index contributed by atoms with van der Waals surface area (Å²) in [5, 5.41) is 12.2. The molecule has 0 fully saturated rings. The van der Waals surface area contributed by atoms with Gasteiger partial charge in [0.2, 0.25) is 23.6 Å². The van der Waals surface area contributed by atoms with Crippen LogP contribution in [0, 0.1) is 12.8 Å². The van der Waals surface area contributed by atoms with Crippen LogP contribution in [0.1, 0.15) is 41.2 Å². The monoisotopic (exact) mass is 726 g/mol. The molecule has 0 saturated carbocycles. The molecule has 0 unspecified atom stereocenters. The molecule has 2 aliphatic heterocycles. The summed E-state index contributed by atoms with van der Waals surface area (Å²) in [5.74, 6) is -1.92. The van der Waals surface area contributed by atoms with Gasteiger partial charge in [0.15, 0.2) is 0 Å². The van der Waals surface area contributed by atoms with Gasteiger partial charge in [-0.15, -0.1) is 0 Å². The number of fused-ring (bicyclic) bond motifs is 18. The van der Waals surface area contributed by atoms with Crippen LogP contribution in [0.25, 0.3) is 10.9 Å². The maximum absolute atomic E-state index is 14.5. The van der Waals surface area contributed by atoms with Crippen LogP contribution < -0.4 is 26.0 Å². The highest BCUT2D eigenvalue weighted by Gasteiger charge is 2.33. The van der Waals surface area contributed by atoms with E-state index in [1.807, 2.05) is 38.1 Å². The molecule has 3 atom stereocenters. The number of benzene rings is 2. The van der Waals surface area contributed by atoms with Crippen molar-refractivity contribution in [3.05, 3.63) is 89.6 Å². The molecule has 0 spiro atoms. The van der Waals surface area contributed by atoms with Gasteiger partial charge in [0.1, 0.15) is 36.3 Å². The Hall–Kier alpha value is -5.83. The van der Waals surface area contributed by atoms with Crippen LogP contribution in [0.3, 0.4) is 0 Å². The number of ether oxygens (including phenoxy) is 2. The number of aryl methyl sites for hydroxylation is 1. The van der Waals surface area contributed by atoms with Gasteiger partial charge >= 0.3 is 0 Å². The number of nitrogens with one attached hydrogen (secondary N) is 5. The summed E-state index contributed by atoms with van der Waals surface area (Å²) < 4.78 is 11.1. The van der Waals surface area contributed by atoms with Crippen molar-refractivity contribution < 1.29 is 33.4 Å². The minimum atomic E-state index is -1.17. The van der Waals surface area contributed by atoms with Crippen LogP contribution in [0.15, 0.2) is 67.1 Å². The van der Waals surface area contributed by atoms with E-state index in [9.17, 15) is 24.0 Å². The van der Waals surface area contributed by atoms with Gasteiger partial charge in [-0.05, 0) is 42.2 Å². The fourth-order valence-electron chi connectivity index (χ4n) is 5.98. The molecule has 0 radical (unpaired) electrons. The first-order valence-electron chi connectivity index (χ1n) is 17.5. The van der Waals surface area contributed by atoms with E-state index in [0.29, 0.717) is 17.1 Å². The molecule has 6 rings (SSSR count). The molecule has 280 valence electrons. The van der Waals surface area contributed by atoms with Gasteiger partial charge in [0.25, 0.3) is 5.91 Å². The van der Waals surface area contributed by atoms with Crippen molar-refractivity contribution in [2.75, 3.05) is 40.0 Å². The maximum atomic E-state index is 14.5. The number of nitrogens with zero attached hydrogens (tertiary/aromatic N) is 3. The zero-order valence-corrected chi connectivity index (χ0v) is 30.3. The summed E-state index contributed by atoms with van der Waals surface area (Å²) in [4.78, 5) is 81.6. The van der Waals surface area contributed by atoms with Crippen molar-refractivity contribution in [1.82, 2.24) is 41.1 Å². The van der Waals surface area contributed by atoms with Gasteiger partial charge in [-0.3, -0.25) is 24.0 Å². The molecule has 5 N–H and O–H groups in total. The number of carbonyl (C=O) groups is 5. The van der Waals surface area contributed by atoms with E-state index in [1.165, 1.54) is 24.4 Å². The Morgan fingerprint density at radius 1 is 1.02 bits per heavy atom. The summed E-state index contributed by atoms with van der Waals surface area (Å²) in [6.07, 6.45) is 4.67. The smallest absolute Gasteiger partial charge is 0.255 e. The third-order valence-electron chi connectivity index (χ3n) is 8.89. The zero-order valence-electron chi connectivity index (χ0n) is 30.3. The van der Waals surface area contributed by atoms with Gasteiger partial charge in [0.05, 0.1) is 25.3 Å². The minimum Gasteiger partial charge on any atom is -0.492 e. The first-order valence-corrected chi connectivity index (χ1v) is 17.5. The van der Waals surface area contributed by atoms with Crippen LogP contribution in [0.5, 0.6) is 5.75 Å². The van der Waals surface area contributed by atoms with Crippen molar-refractivity contribution in [3.8, 4) is 5.75 Å². The molecule has 2 aliphatic rings. The van der Waals surface area contributed by atoms with Crippen molar-refractivity contribution in [2.45, 2.75) is 51.7 Å². The standard InChI is InChI=1S/C38H46N8O7/c1-23(2)34-37(50)39-13-15-53-28-11-9-25(10-12-28)17-31(43-35(48)27-20-40-24(3)41-21-27)36(49)44-32(18-26-19-42-30-8-6-5-7-29(26)30)38(51)46(14-16-52-4)22-33(47)45-34/h5-12,19-21,23,31-32,34,42H,13-18,22H2,1-4H3,(H,39,50)(H,43,48)(H,44,49)(H,45,47)/t31-,32-,34-/m0/s1. The molecule has 2 aromatic carbocycles. The number of hydrogen-bond donors (Lipinski definition) is 5. The molecule has 53 heavy (non-hydrogen) atoms. The fraction of sp³-hybridized carbons (Fsp3) is 0.395. The summed E-state index contributed by atoms with van der Waals surface area (Å²) in [5.41, 5.74) is 2.47. The second kappa shape index (κ2) is 18.1. The zero-order chi connectivity index (χ0) is 37.9. The Bertz CT molecular complexity index is 1890. The van der Waals surface area contributed by atoms with E-state index >= 15 is 0 Å². The number of hydrogen-bond acceptors (Lipinski definition) is 9. The Kier molecular flexibility index (Phi) is 13.1. The average molecular weight is 727 g/mol. The summed E-state index contributed by atoms with van der Waals surface area (Å²) in [6.45, 7) is 5.39. The van der Waals surface area contributed by atoms with Crippen molar-refractivity contribution in [3.63, 3.8) is 0 Å². The molecule has 2 aromatic heterocycles. The topological polar surface area (TPSA) is 197 Å². The SMILES string of the molecule is COCCN1CC(=O)N[C@@H](C(C)C)C(=O)NCCOc2ccc(cc2)C[C@H](NC(=O)c2cnc(C)nc2)C(=O)N[C@@H](Cc2c[nH]c3ccccc23)C1=O. The van der Waals surface area contributed by atoms with E-state index in [0.717, 1.165) is 16.5 Å². The van der Waals surface area contributed by atoms with E-state index in [1.54, 1.807) is 37.4 Å². The van der Waals surface area contributed by atoms with Crippen LogP contribution in [0.4, 0.5) is 0 Å². The third-order valence-corrected chi connectivity index (χ3v) is 8.89. The number of aromatic amines is 1. The van der Waals surface area contributed by atoms with Crippen molar-refractivity contribution in [2.24, 2.45) is 5.92 Å². The number of carbonyl (C=O) groups excluding carboxylic acids is 5. The number of amides is 5. The summed E-state index contributed by atoms with van der Waals surface area (Å²) in [7, 11) is 1.48. The highest BCUT2D eigenvalue weighted by Crippen LogP contribution is 2.20. The van der Waals surface area contributed by atoms with Gasteiger partial charge in [-0.2, -0.15) is 0 Å². The van der Waals surface area contributed by atoms with Crippen LogP contribution >= 0.6 is 0 Å². The molecular weight excluding hydrogens is 680 g/mol. The number of aromatic nitrogens is 3. The lowest BCUT2D eigenvalue weighted by Crippen LogP contribution is -2.58. The molecular formula is C38H46N8O7. The largest absolute Gasteiger partial charge is 0.492 e. The molecule has 0 aliphatic carbocycles. The molecule has 15 nitrogen and oxygen atoms in total. The van der Waals surface area contributed by atoms with Crippen molar-refractivity contribution >= 4 is 40.4 Å². The average Bonchev–Trinajstić information content (AvgIpc) is 3.56. The lowest BCUT2D eigenvalue weighted by atomic mass is 10.0. The number of methoxy groups -OCH3 is 1. The fourth-order valence-corrected chi connectivity index (χ4v) is 5.98. The molecule has 15 heteroatoms. The first-order chi connectivity index (χ1) is 25.5. The Labute approximate surface area is 307 Å². The second-order valence-corrected chi connectivity index (χ2v) is 13.2. The first kappa shape index (κ1) is 38.4. The van der Waals surface area contributed by atoms with Crippen LogP contribution in [-0.4, -0.2) is 107 Å². The predicted molar refractivity (Wildman–Crippen MR) is 196 cm³/mol. The predicted octanol–water partition coefficient (Wildman–Crippen LogP) is 1.46. The lowest BCUT2D eigenvalue weighted by molar-refractivity contribution is -0.141. The van der Waals surface area contributed by atoms with E-state index in [2.05, 4.69) is 36.2 Å². The highest BCUT2D eigenvalue weighted by molar-refractivity contribution is 5.99. The van der Waals surface area contributed by atoms with E-state index in [-0.39, 0.29) is 56.5 Å².